The van der Waals surface area contributed by atoms with Gasteiger partial charge in [0.2, 0.25) is 0 Å². The van der Waals surface area contributed by atoms with Gasteiger partial charge in [-0.05, 0) is 38.0 Å². The van der Waals surface area contributed by atoms with E-state index in [9.17, 15) is 4.21 Å². The van der Waals surface area contributed by atoms with E-state index in [1.807, 2.05) is 30.3 Å². The Kier molecular flexibility index (Phi) is 7.67. The molecule has 0 fully saturated rings. The maximum Gasteiger partial charge on any atom is 0.191 e. The van der Waals surface area contributed by atoms with Gasteiger partial charge in [-0.2, -0.15) is 0 Å². The molecule has 25 heavy (non-hydrogen) atoms. The molecule has 2 rings (SSSR count). The number of hydrogen-bond donors (Lipinski definition) is 2. The Morgan fingerprint density at radius 1 is 1.00 bits per heavy atom. The number of rotatable bonds is 7. The number of benzene rings is 2. The molecule has 0 aromatic heterocycles. The van der Waals surface area contributed by atoms with Crippen LogP contribution in [-0.2, 0) is 17.2 Å². The summed E-state index contributed by atoms with van der Waals surface area (Å²) >= 11 is 0. The Labute approximate surface area is 153 Å². The Morgan fingerprint density at radius 3 is 2.28 bits per heavy atom. The Balaban J connectivity index is 1.73. The third-order valence-corrected chi connectivity index (χ3v) is 5.17. The number of hydrogen-bond acceptors (Lipinski definition) is 2. The molecular formula is C20H27N3OS. The van der Waals surface area contributed by atoms with Crippen molar-refractivity contribution in [1.82, 2.24) is 10.6 Å². The monoisotopic (exact) mass is 357 g/mol. The Hall–Kier alpha value is -2.14. The maximum absolute atomic E-state index is 12.2. The van der Waals surface area contributed by atoms with Gasteiger partial charge in [-0.3, -0.25) is 9.20 Å². The first-order valence-electron chi connectivity index (χ1n) is 8.53. The summed E-state index contributed by atoms with van der Waals surface area (Å²) in [6.07, 6.45) is 0.944. The molecule has 5 heteroatoms. The number of aryl methyl sites for hydroxylation is 2. The van der Waals surface area contributed by atoms with Crippen molar-refractivity contribution in [3.8, 4) is 0 Å². The Morgan fingerprint density at radius 2 is 1.64 bits per heavy atom. The largest absolute Gasteiger partial charge is 0.356 e. The number of guanidine groups is 1. The molecule has 1 atom stereocenters. The van der Waals surface area contributed by atoms with Gasteiger partial charge in [0.25, 0.3) is 0 Å². The lowest BCUT2D eigenvalue weighted by Crippen LogP contribution is -2.40. The van der Waals surface area contributed by atoms with Crippen LogP contribution >= 0.6 is 0 Å². The molecule has 2 aromatic rings. The van der Waals surface area contributed by atoms with Crippen LogP contribution in [0.15, 0.2) is 58.4 Å². The van der Waals surface area contributed by atoms with Gasteiger partial charge in [0.15, 0.2) is 5.96 Å². The van der Waals surface area contributed by atoms with Crippen LogP contribution in [0.25, 0.3) is 0 Å². The van der Waals surface area contributed by atoms with Crippen LogP contribution in [-0.4, -0.2) is 36.1 Å². The van der Waals surface area contributed by atoms with E-state index < -0.39 is 10.8 Å². The van der Waals surface area contributed by atoms with Crippen LogP contribution in [0.3, 0.4) is 0 Å². The van der Waals surface area contributed by atoms with Gasteiger partial charge in [0, 0.05) is 30.8 Å². The van der Waals surface area contributed by atoms with Crippen molar-refractivity contribution in [2.45, 2.75) is 25.2 Å². The lowest BCUT2D eigenvalue weighted by molar-refractivity contribution is 0.681. The molecule has 0 aliphatic carbocycles. The molecule has 0 saturated carbocycles. The molecule has 0 saturated heterocycles. The third-order valence-electron chi connectivity index (χ3n) is 3.80. The zero-order chi connectivity index (χ0) is 18.1. The summed E-state index contributed by atoms with van der Waals surface area (Å²) < 4.78 is 12.2. The molecule has 0 amide bonds. The fourth-order valence-electron chi connectivity index (χ4n) is 2.71. The summed E-state index contributed by atoms with van der Waals surface area (Å²) in [5.74, 6) is 1.30. The van der Waals surface area contributed by atoms with E-state index in [1.54, 1.807) is 7.05 Å². The molecule has 0 radical (unpaired) electrons. The standard InChI is InChI=1S/C20H27N3OS/c1-16-13-17(2)15-18(14-16)9-10-22-20(21-3)23-11-12-25(24)19-7-5-4-6-8-19/h4-8,13-15H,9-12H2,1-3H3,(H2,21,22,23). The van der Waals surface area contributed by atoms with Crippen molar-refractivity contribution in [3.05, 3.63) is 65.2 Å². The maximum atomic E-state index is 12.2. The van der Waals surface area contributed by atoms with Crippen molar-refractivity contribution < 1.29 is 4.21 Å². The quantitative estimate of drug-likeness (QED) is 0.592. The second-order valence-corrected chi connectivity index (χ2v) is 7.61. The van der Waals surface area contributed by atoms with Gasteiger partial charge >= 0.3 is 0 Å². The van der Waals surface area contributed by atoms with Crippen molar-refractivity contribution in [3.63, 3.8) is 0 Å². The highest BCUT2D eigenvalue weighted by molar-refractivity contribution is 7.85. The molecule has 1 unspecified atom stereocenters. The van der Waals surface area contributed by atoms with E-state index in [-0.39, 0.29) is 0 Å². The molecule has 4 nitrogen and oxygen atoms in total. The summed E-state index contributed by atoms with van der Waals surface area (Å²) in [4.78, 5) is 5.08. The first kappa shape index (κ1) is 19.2. The molecule has 2 N–H and O–H groups in total. The topological polar surface area (TPSA) is 53.5 Å². The van der Waals surface area contributed by atoms with E-state index in [2.05, 4.69) is 47.7 Å². The van der Waals surface area contributed by atoms with Gasteiger partial charge in [0.1, 0.15) is 0 Å². The highest BCUT2D eigenvalue weighted by Crippen LogP contribution is 2.09. The fraction of sp³-hybridized carbons (Fsp3) is 0.350. The van der Waals surface area contributed by atoms with Gasteiger partial charge < -0.3 is 10.6 Å². The SMILES string of the molecule is CN=C(NCCc1cc(C)cc(C)c1)NCCS(=O)c1ccccc1. The molecule has 134 valence electrons. The lowest BCUT2D eigenvalue weighted by Gasteiger charge is -2.12. The average molecular weight is 358 g/mol. The minimum absolute atomic E-state index is 0.557. The van der Waals surface area contributed by atoms with Crippen LogP contribution in [0.4, 0.5) is 0 Å². The molecule has 0 aliphatic heterocycles. The van der Waals surface area contributed by atoms with Crippen LogP contribution < -0.4 is 10.6 Å². The molecule has 2 aromatic carbocycles. The predicted octanol–water partition coefficient (Wildman–Crippen LogP) is 2.82. The Bertz CT molecular complexity index is 709. The summed E-state index contributed by atoms with van der Waals surface area (Å²) in [5, 5.41) is 6.54. The molecule has 0 bridgehead atoms. The zero-order valence-corrected chi connectivity index (χ0v) is 16.0. The van der Waals surface area contributed by atoms with Crippen molar-refractivity contribution in [2.75, 3.05) is 25.9 Å². The minimum Gasteiger partial charge on any atom is -0.356 e. The fourth-order valence-corrected chi connectivity index (χ4v) is 3.70. The van der Waals surface area contributed by atoms with Crippen molar-refractivity contribution >= 4 is 16.8 Å². The summed E-state index contributed by atoms with van der Waals surface area (Å²) in [6.45, 7) is 5.67. The van der Waals surface area contributed by atoms with E-state index in [0.29, 0.717) is 12.3 Å². The van der Waals surface area contributed by atoms with Crippen LogP contribution in [0.1, 0.15) is 16.7 Å². The number of nitrogens with one attached hydrogen (secondary N) is 2. The number of aliphatic imine (C=N–C) groups is 1. The number of nitrogens with zero attached hydrogens (tertiary/aromatic N) is 1. The highest BCUT2D eigenvalue weighted by Gasteiger charge is 2.04. The van der Waals surface area contributed by atoms with Gasteiger partial charge in [0.05, 0.1) is 10.8 Å². The highest BCUT2D eigenvalue weighted by atomic mass is 32.2. The van der Waals surface area contributed by atoms with Crippen LogP contribution in [0, 0.1) is 13.8 Å². The van der Waals surface area contributed by atoms with E-state index in [0.717, 1.165) is 23.8 Å². The van der Waals surface area contributed by atoms with Gasteiger partial charge in [-0.25, -0.2) is 0 Å². The smallest absolute Gasteiger partial charge is 0.191 e. The third kappa shape index (κ3) is 6.70. The molecular weight excluding hydrogens is 330 g/mol. The summed E-state index contributed by atoms with van der Waals surface area (Å²) in [6, 6.07) is 16.2. The molecule has 0 aliphatic rings. The summed E-state index contributed by atoms with van der Waals surface area (Å²) in [7, 11) is 0.762. The van der Waals surface area contributed by atoms with Gasteiger partial charge in [-0.1, -0.05) is 47.5 Å². The van der Waals surface area contributed by atoms with E-state index >= 15 is 0 Å². The normalized spacial score (nSPS) is 12.7. The average Bonchev–Trinajstić information content (AvgIpc) is 2.60. The van der Waals surface area contributed by atoms with Gasteiger partial charge in [-0.15, -0.1) is 0 Å². The van der Waals surface area contributed by atoms with Crippen LogP contribution in [0.2, 0.25) is 0 Å². The first-order valence-corrected chi connectivity index (χ1v) is 9.85. The van der Waals surface area contributed by atoms with E-state index in [4.69, 9.17) is 0 Å². The van der Waals surface area contributed by atoms with E-state index in [1.165, 1.54) is 16.7 Å². The molecule has 0 spiro atoms. The second kappa shape index (κ2) is 9.99. The first-order chi connectivity index (χ1) is 12.1. The molecule has 0 heterocycles. The van der Waals surface area contributed by atoms with Crippen molar-refractivity contribution in [1.29, 1.82) is 0 Å². The lowest BCUT2D eigenvalue weighted by atomic mass is 10.1. The summed E-state index contributed by atoms with van der Waals surface area (Å²) in [5.41, 5.74) is 3.91. The predicted molar refractivity (Wildman–Crippen MR) is 107 cm³/mol. The minimum atomic E-state index is -0.988. The zero-order valence-electron chi connectivity index (χ0n) is 15.2. The van der Waals surface area contributed by atoms with Crippen molar-refractivity contribution in [2.24, 2.45) is 4.99 Å². The van der Waals surface area contributed by atoms with Crippen LogP contribution in [0.5, 0.6) is 0 Å². The second-order valence-electron chi connectivity index (χ2n) is 6.03.